The fourth-order valence-corrected chi connectivity index (χ4v) is 2.07. The molecule has 1 aliphatic carbocycles. The van der Waals surface area contributed by atoms with Gasteiger partial charge in [-0.05, 0) is 32.4 Å². The zero-order valence-corrected chi connectivity index (χ0v) is 6.52. The highest BCUT2D eigenvalue weighted by molar-refractivity contribution is 5.04. The molecule has 10 heavy (non-hydrogen) atoms. The summed E-state index contributed by atoms with van der Waals surface area (Å²) in [6.45, 7) is 3.21. The average molecular weight is 141 g/mol. The minimum Gasteiger partial charge on any atom is -0.381 e. The van der Waals surface area contributed by atoms with Gasteiger partial charge in [0.2, 0.25) is 0 Å². The molecule has 0 aromatic carbocycles. The quantitative estimate of drug-likeness (QED) is 0.609. The first-order valence-electron chi connectivity index (χ1n) is 4.10. The third-order valence-electron chi connectivity index (χ3n) is 2.94. The molecule has 2 rings (SSSR count). The largest absolute Gasteiger partial charge is 0.381 e. The fraction of sp³-hybridized carbons (Fsp3) is 1.00. The van der Waals surface area contributed by atoms with Gasteiger partial charge in [0.25, 0.3) is 0 Å². The summed E-state index contributed by atoms with van der Waals surface area (Å²) in [6.07, 6.45) is 2.70. The molecule has 1 saturated carbocycles. The van der Waals surface area contributed by atoms with Gasteiger partial charge in [-0.2, -0.15) is 0 Å². The summed E-state index contributed by atoms with van der Waals surface area (Å²) in [5.41, 5.74) is 0.628. The van der Waals surface area contributed by atoms with Crippen molar-refractivity contribution in [3.63, 3.8) is 0 Å². The van der Waals surface area contributed by atoms with E-state index >= 15 is 0 Å². The summed E-state index contributed by atoms with van der Waals surface area (Å²) >= 11 is 0. The van der Waals surface area contributed by atoms with E-state index in [1.807, 2.05) is 7.05 Å². The zero-order valence-electron chi connectivity index (χ0n) is 6.52. The maximum Gasteiger partial charge on any atom is 0.0526 e. The van der Waals surface area contributed by atoms with Crippen molar-refractivity contribution in [3.05, 3.63) is 0 Å². The third kappa shape index (κ3) is 0.867. The van der Waals surface area contributed by atoms with Crippen molar-refractivity contribution in [1.29, 1.82) is 0 Å². The molecule has 58 valence electrons. The lowest BCUT2D eigenvalue weighted by Gasteiger charge is -2.04. The molecule has 2 fully saturated rings. The molecule has 1 aliphatic heterocycles. The van der Waals surface area contributed by atoms with Gasteiger partial charge < -0.3 is 10.1 Å². The predicted octanol–water partition coefficient (Wildman–Crippen LogP) is 0.632. The molecule has 1 N–H and O–H groups in total. The van der Waals surface area contributed by atoms with Gasteiger partial charge >= 0.3 is 0 Å². The summed E-state index contributed by atoms with van der Waals surface area (Å²) in [5, 5.41) is 3.23. The number of nitrogens with one attached hydrogen (secondary N) is 1. The van der Waals surface area contributed by atoms with E-state index in [2.05, 4.69) is 5.32 Å². The molecule has 2 nitrogen and oxygen atoms in total. The van der Waals surface area contributed by atoms with Crippen LogP contribution in [0.5, 0.6) is 0 Å². The Hall–Kier alpha value is -0.0800. The molecule has 0 amide bonds. The molecular weight excluding hydrogens is 126 g/mol. The van der Waals surface area contributed by atoms with Crippen molar-refractivity contribution < 1.29 is 4.74 Å². The van der Waals surface area contributed by atoms with Crippen LogP contribution >= 0.6 is 0 Å². The second-order valence-corrected chi connectivity index (χ2v) is 3.62. The molecule has 1 saturated heterocycles. The first kappa shape index (κ1) is 6.62. The van der Waals surface area contributed by atoms with E-state index in [1.54, 1.807) is 0 Å². The van der Waals surface area contributed by atoms with Gasteiger partial charge in [0.05, 0.1) is 6.61 Å². The monoisotopic (exact) mass is 141 g/mol. The van der Waals surface area contributed by atoms with E-state index in [4.69, 9.17) is 4.74 Å². The number of hydrogen-bond acceptors (Lipinski definition) is 2. The van der Waals surface area contributed by atoms with Crippen LogP contribution < -0.4 is 5.32 Å². The molecule has 2 unspecified atom stereocenters. The Morgan fingerprint density at radius 1 is 1.70 bits per heavy atom. The van der Waals surface area contributed by atoms with Gasteiger partial charge in [-0.3, -0.25) is 0 Å². The van der Waals surface area contributed by atoms with Gasteiger partial charge in [-0.25, -0.2) is 0 Å². The van der Waals surface area contributed by atoms with Gasteiger partial charge in [0.15, 0.2) is 0 Å². The highest BCUT2D eigenvalue weighted by Gasteiger charge is 2.55. The van der Waals surface area contributed by atoms with Crippen LogP contribution in [-0.4, -0.2) is 26.8 Å². The van der Waals surface area contributed by atoms with Crippen molar-refractivity contribution in [3.8, 4) is 0 Å². The number of ether oxygens (including phenoxy) is 1. The Labute approximate surface area is 61.9 Å². The standard InChI is InChI=1S/C8H15NO/c1-9-5-7-4-8(7)2-3-10-6-8/h7,9H,2-6H2,1H3. The summed E-state index contributed by atoms with van der Waals surface area (Å²) in [6, 6.07) is 0. The zero-order chi connectivity index (χ0) is 7.03. The average Bonchev–Trinajstić information content (AvgIpc) is 2.43. The van der Waals surface area contributed by atoms with Gasteiger partial charge in [0, 0.05) is 12.0 Å². The Balaban J connectivity index is 1.86. The van der Waals surface area contributed by atoms with Crippen LogP contribution in [-0.2, 0) is 4.74 Å². The van der Waals surface area contributed by atoms with Crippen molar-refractivity contribution in [2.75, 3.05) is 26.8 Å². The number of hydrogen-bond donors (Lipinski definition) is 1. The molecule has 2 heteroatoms. The van der Waals surface area contributed by atoms with Crippen LogP contribution in [0.1, 0.15) is 12.8 Å². The SMILES string of the molecule is CNCC1CC12CCOC2. The number of rotatable bonds is 2. The third-order valence-corrected chi connectivity index (χ3v) is 2.94. The van der Waals surface area contributed by atoms with Gasteiger partial charge in [-0.15, -0.1) is 0 Å². The van der Waals surface area contributed by atoms with Crippen molar-refractivity contribution >= 4 is 0 Å². The second-order valence-electron chi connectivity index (χ2n) is 3.62. The van der Waals surface area contributed by atoms with Crippen LogP contribution in [0.4, 0.5) is 0 Å². The molecule has 0 bridgehead atoms. The summed E-state index contributed by atoms with van der Waals surface area (Å²) in [4.78, 5) is 0. The molecular formula is C8H15NO. The van der Waals surface area contributed by atoms with Crippen molar-refractivity contribution in [2.45, 2.75) is 12.8 Å². The van der Waals surface area contributed by atoms with Crippen molar-refractivity contribution in [1.82, 2.24) is 5.32 Å². The Bertz CT molecular complexity index is 129. The summed E-state index contributed by atoms with van der Waals surface area (Å²) in [7, 11) is 2.03. The summed E-state index contributed by atoms with van der Waals surface area (Å²) < 4.78 is 5.37. The lowest BCUT2D eigenvalue weighted by molar-refractivity contribution is 0.179. The van der Waals surface area contributed by atoms with Gasteiger partial charge in [0.1, 0.15) is 0 Å². The molecule has 1 heterocycles. The van der Waals surface area contributed by atoms with E-state index in [-0.39, 0.29) is 0 Å². The van der Waals surface area contributed by atoms with Crippen LogP contribution in [0.2, 0.25) is 0 Å². The van der Waals surface area contributed by atoms with Crippen molar-refractivity contribution in [2.24, 2.45) is 11.3 Å². The van der Waals surface area contributed by atoms with E-state index in [0.29, 0.717) is 5.41 Å². The minimum absolute atomic E-state index is 0.628. The minimum atomic E-state index is 0.628. The molecule has 2 aliphatic rings. The van der Waals surface area contributed by atoms with E-state index < -0.39 is 0 Å². The van der Waals surface area contributed by atoms with E-state index in [1.165, 1.54) is 19.4 Å². The van der Waals surface area contributed by atoms with Crippen LogP contribution in [0.25, 0.3) is 0 Å². The maximum absolute atomic E-state index is 5.37. The van der Waals surface area contributed by atoms with Crippen LogP contribution in [0, 0.1) is 11.3 Å². The van der Waals surface area contributed by atoms with Gasteiger partial charge in [-0.1, -0.05) is 0 Å². The first-order chi connectivity index (χ1) is 4.87. The molecule has 1 spiro atoms. The predicted molar refractivity (Wildman–Crippen MR) is 39.9 cm³/mol. The first-order valence-corrected chi connectivity index (χ1v) is 4.10. The maximum atomic E-state index is 5.37. The lowest BCUT2D eigenvalue weighted by atomic mass is 10.0. The molecule has 2 atom stereocenters. The fourth-order valence-electron chi connectivity index (χ4n) is 2.07. The Kier molecular flexibility index (Phi) is 1.46. The molecule has 0 aromatic rings. The van der Waals surface area contributed by atoms with E-state index in [0.717, 1.165) is 19.1 Å². The Morgan fingerprint density at radius 3 is 3.20 bits per heavy atom. The topological polar surface area (TPSA) is 21.3 Å². The smallest absolute Gasteiger partial charge is 0.0526 e. The lowest BCUT2D eigenvalue weighted by Crippen LogP contribution is -2.15. The Morgan fingerprint density at radius 2 is 2.60 bits per heavy atom. The van der Waals surface area contributed by atoms with Crippen LogP contribution in [0.15, 0.2) is 0 Å². The summed E-state index contributed by atoms with van der Waals surface area (Å²) in [5.74, 6) is 0.917. The van der Waals surface area contributed by atoms with Crippen LogP contribution in [0.3, 0.4) is 0 Å². The molecule has 0 radical (unpaired) electrons. The normalized spacial score (nSPS) is 44.7. The van der Waals surface area contributed by atoms with E-state index in [9.17, 15) is 0 Å². The molecule has 0 aromatic heterocycles. The second kappa shape index (κ2) is 2.21. The highest BCUT2D eigenvalue weighted by Crippen LogP contribution is 2.57. The highest BCUT2D eigenvalue weighted by atomic mass is 16.5.